The van der Waals surface area contributed by atoms with Crippen molar-refractivity contribution in [3.8, 4) is 0 Å². The van der Waals surface area contributed by atoms with Gasteiger partial charge >= 0.3 is 6.18 Å². The van der Waals surface area contributed by atoms with E-state index in [2.05, 4.69) is 33.0 Å². The Morgan fingerprint density at radius 2 is 1.60 bits per heavy atom. The second-order valence-corrected chi connectivity index (χ2v) is 5.63. The fraction of sp³-hybridized carbons (Fsp3) is 0.625. The SMILES string of the molecule is CCCNC(C(C)C)C(C)c1ccc(C(F)(F)F)cc1. The first kappa shape index (κ1) is 17.0. The zero-order chi connectivity index (χ0) is 15.3. The average molecular weight is 287 g/mol. The molecule has 0 aliphatic carbocycles. The molecule has 2 unspecified atom stereocenters. The number of benzene rings is 1. The molecule has 0 fully saturated rings. The van der Waals surface area contributed by atoms with E-state index in [4.69, 9.17) is 0 Å². The first-order valence-electron chi connectivity index (χ1n) is 7.18. The highest BCUT2D eigenvalue weighted by molar-refractivity contribution is 5.27. The molecule has 1 nitrogen and oxygen atoms in total. The summed E-state index contributed by atoms with van der Waals surface area (Å²) in [5.41, 5.74) is 0.358. The fourth-order valence-electron chi connectivity index (χ4n) is 2.48. The normalized spacial score (nSPS) is 15.4. The summed E-state index contributed by atoms with van der Waals surface area (Å²) < 4.78 is 37.7. The molecule has 4 heteroatoms. The van der Waals surface area contributed by atoms with Crippen LogP contribution in [0.3, 0.4) is 0 Å². The Bertz CT molecular complexity index is 395. The van der Waals surface area contributed by atoms with Crippen LogP contribution in [0.5, 0.6) is 0 Å². The maximum absolute atomic E-state index is 12.6. The summed E-state index contributed by atoms with van der Waals surface area (Å²) in [7, 11) is 0. The lowest BCUT2D eigenvalue weighted by atomic mass is 9.86. The minimum atomic E-state index is -4.26. The van der Waals surface area contributed by atoms with Crippen LogP contribution in [0, 0.1) is 5.92 Å². The molecule has 1 aromatic rings. The number of rotatable bonds is 6. The quantitative estimate of drug-likeness (QED) is 0.790. The summed E-state index contributed by atoms with van der Waals surface area (Å²) in [6, 6.07) is 5.80. The number of hydrogen-bond acceptors (Lipinski definition) is 1. The van der Waals surface area contributed by atoms with Gasteiger partial charge in [-0.1, -0.05) is 39.8 Å². The second kappa shape index (κ2) is 7.11. The van der Waals surface area contributed by atoms with Gasteiger partial charge in [-0.3, -0.25) is 0 Å². The van der Waals surface area contributed by atoms with E-state index in [1.165, 1.54) is 12.1 Å². The standard InChI is InChI=1S/C16H24F3N/c1-5-10-20-15(11(2)3)12(4)13-6-8-14(9-7-13)16(17,18)19/h6-9,11-12,15,20H,5,10H2,1-4H3. The molecular formula is C16H24F3N. The van der Waals surface area contributed by atoms with E-state index < -0.39 is 11.7 Å². The first-order chi connectivity index (χ1) is 9.27. The zero-order valence-corrected chi connectivity index (χ0v) is 12.6. The van der Waals surface area contributed by atoms with Crippen molar-refractivity contribution in [1.29, 1.82) is 0 Å². The third kappa shape index (κ3) is 4.51. The third-order valence-corrected chi connectivity index (χ3v) is 3.65. The van der Waals surface area contributed by atoms with E-state index in [1.807, 2.05) is 0 Å². The van der Waals surface area contributed by atoms with Crippen molar-refractivity contribution in [1.82, 2.24) is 5.32 Å². The molecule has 0 aliphatic rings. The van der Waals surface area contributed by atoms with Gasteiger partial charge in [-0.15, -0.1) is 0 Å². The summed E-state index contributed by atoms with van der Waals surface area (Å²) in [4.78, 5) is 0. The van der Waals surface area contributed by atoms with Gasteiger partial charge in [-0.05, 0) is 42.5 Å². The van der Waals surface area contributed by atoms with E-state index in [-0.39, 0.29) is 12.0 Å². The molecule has 0 amide bonds. The molecule has 0 heterocycles. The fourth-order valence-corrected chi connectivity index (χ4v) is 2.48. The molecule has 0 aromatic heterocycles. The number of nitrogens with one attached hydrogen (secondary N) is 1. The molecule has 0 saturated heterocycles. The molecule has 0 bridgehead atoms. The predicted octanol–water partition coefficient (Wildman–Crippen LogP) is 4.83. The van der Waals surface area contributed by atoms with Crippen molar-refractivity contribution in [2.75, 3.05) is 6.54 Å². The summed E-state index contributed by atoms with van der Waals surface area (Å²) in [5.74, 6) is 0.614. The Hall–Kier alpha value is -1.03. The van der Waals surface area contributed by atoms with Crippen LogP contribution >= 0.6 is 0 Å². The summed E-state index contributed by atoms with van der Waals surface area (Å²) in [5, 5.41) is 3.49. The minimum Gasteiger partial charge on any atom is -0.313 e. The molecule has 0 radical (unpaired) electrons. The molecule has 2 atom stereocenters. The largest absolute Gasteiger partial charge is 0.416 e. The van der Waals surface area contributed by atoms with Crippen molar-refractivity contribution >= 4 is 0 Å². The summed E-state index contributed by atoms with van der Waals surface area (Å²) in [6.07, 6.45) is -3.22. The lowest BCUT2D eigenvalue weighted by molar-refractivity contribution is -0.137. The monoisotopic (exact) mass is 287 g/mol. The van der Waals surface area contributed by atoms with Crippen LogP contribution in [0.15, 0.2) is 24.3 Å². The molecule has 114 valence electrons. The third-order valence-electron chi connectivity index (χ3n) is 3.65. The van der Waals surface area contributed by atoms with Crippen LogP contribution < -0.4 is 5.32 Å². The van der Waals surface area contributed by atoms with Crippen molar-refractivity contribution in [3.05, 3.63) is 35.4 Å². The van der Waals surface area contributed by atoms with Gasteiger partial charge in [-0.25, -0.2) is 0 Å². The van der Waals surface area contributed by atoms with Crippen molar-refractivity contribution in [2.45, 2.75) is 52.3 Å². The molecule has 1 rings (SSSR count). The van der Waals surface area contributed by atoms with Gasteiger partial charge in [0.2, 0.25) is 0 Å². The Morgan fingerprint density at radius 1 is 1.05 bits per heavy atom. The van der Waals surface area contributed by atoms with Gasteiger partial charge in [-0.2, -0.15) is 13.2 Å². The predicted molar refractivity (Wildman–Crippen MR) is 76.8 cm³/mol. The summed E-state index contributed by atoms with van der Waals surface area (Å²) in [6.45, 7) is 9.36. The van der Waals surface area contributed by atoms with E-state index in [0.29, 0.717) is 5.92 Å². The highest BCUT2D eigenvalue weighted by atomic mass is 19.4. The van der Waals surface area contributed by atoms with Crippen LogP contribution in [0.2, 0.25) is 0 Å². The lowest BCUT2D eigenvalue weighted by Gasteiger charge is -2.29. The average Bonchev–Trinajstić information content (AvgIpc) is 2.37. The second-order valence-electron chi connectivity index (χ2n) is 5.63. The van der Waals surface area contributed by atoms with Gasteiger partial charge in [0.15, 0.2) is 0 Å². The highest BCUT2D eigenvalue weighted by Gasteiger charge is 2.30. The molecule has 1 aromatic carbocycles. The maximum atomic E-state index is 12.6. The van der Waals surface area contributed by atoms with Crippen molar-refractivity contribution in [2.24, 2.45) is 5.92 Å². The van der Waals surface area contributed by atoms with Gasteiger partial charge in [0.1, 0.15) is 0 Å². The van der Waals surface area contributed by atoms with Crippen LogP contribution in [0.4, 0.5) is 13.2 Å². The van der Waals surface area contributed by atoms with E-state index >= 15 is 0 Å². The Labute approximate surface area is 119 Å². The van der Waals surface area contributed by atoms with Crippen LogP contribution in [-0.4, -0.2) is 12.6 Å². The zero-order valence-electron chi connectivity index (χ0n) is 12.6. The minimum absolute atomic E-state index is 0.184. The Balaban J connectivity index is 2.86. The van der Waals surface area contributed by atoms with Crippen molar-refractivity contribution in [3.63, 3.8) is 0 Å². The van der Waals surface area contributed by atoms with Gasteiger partial charge in [0.25, 0.3) is 0 Å². The highest BCUT2D eigenvalue weighted by Crippen LogP contribution is 2.31. The molecule has 1 N–H and O–H groups in total. The topological polar surface area (TPSA) is 12.0 Å². The van der Waals surface area contributed by atoms with Gasteiger partial charge < -0.3 is 5.32 Å². The number of alkyl halides is 3. The Kier molecular flexibility index (Phi) is 6.06. The van der Waals surface area contributed by atoms with Gasteiger partial charge in [0, 0.05) is 6.04 Å². The van der Waals surface area contributed by atoms with Crippen LogP contribution in [0.1, 0.15) is 51.2 Å². The lowest BCUT2D eigenvalue weighted by Crippen LogP contribution is -2.38. The van der Waals surface area contributed by atoms with E-state index in [1.54, 1.807) is 12.1 Å². The molecule has 0 spiro atoms. The molecule has 0 aliphatic heterocycles. The number of hydrogen-bond donors (Lipinski definition) is 1. The first-order valence-corrected chi connectivity index (χ1v) is 7.18. The van der Waals surface area contributed by atoms with E-state index in [0.717, 1.165) is 18.5 Å². The Morgan fingerprint density at radius 3 is 2.00 bits per heavy atom. The van der Waals surface area contributed by atoms with E-state index in [9.17, 15) is 13.2 Å². The van der Waals surface area contributed by atoms with Crippen LogP contribution in [0.25, 0.3) is 0 Å². The van der Waals surface area contributed by atoms with Crippen molar-refractivity contribution < 1.29 is 13.2 Å². The smallest absolute Gasteiger partial charge is 0.313 e. The maximum Gasteiger partial charge on any atom is 0.416 e. The molecule has 20 heavy (non-hydrogen) atoms. The molecular weight excluding hydrogens is 263 g/mol. The summed E-state index contributed by atoms with van der Waals surface area (Å²) >= 11 is 0. The molecule has 0 saturated carbocycles. The van der Waals surface area contributed by atoms with Crippen LogP contribution in [-0.2, 0) is 6.18 Å². The van der Waals surface area contributed by atoms with Gasteiger partial charge in [0.05, 0.1) is 5.56 Å². The number of halogens is 3.